The van der Waals surface area contributed by atoms with E-state index >= 15 is 0 Å². The quantitative estimate of drug-likeness (QED) is 0.399. The van der Waals surface area contributed by atoms with Crippen LogP contribution >= 0.6 is 23.2 Å². The first-order valence-corrected chi connectivity index (χ1v) is 13.8. The molecule has 0 aliphatic heterocycles. The second-order valence-corrected chi connectivity index (χ2v) is 11.3. The van der Waals surface area contributed by atoms with Gasteiger partial charge in [-0.05, 0) is 56.7 Å². The summed E-state index contributed by atoms with van der Waals surface area (Å²) in [6.07, 6.45) is 0. The van der Waals surface area contributed by atoms with Gasteiger partial charge in [-0.25, -0.2) is 8.42 Å². The van der Waals surface area contributed by atoms with E-state index in [1.165, 1.54) is 24.1 Å². The van der Waals surface area contributed by atoms with E-state index in [9.17, 15) is 18.0 Å². The molecule has 10 heteroatoms. The predicted octanol–water partition coefficient (Wildman–Crippen LogP) is 4.97. The number of likely N-dealkylation sites (N-methyl/N-ethyl adjacent to an activating group) is 1. The molecule has 7 nitrogen and oxygen atoms in total. The molecule has 0 unspecified atom stereocenters. The molecule has 0 aliphatic rings. The summed E-state index contributed by atoms with van der Waals surface area (Å²) in [4.78, 5) is 27.7. The number of benzene rings is 3. The first-order chi connectivity index (χ1) is 17.5. The lowest BCUT2D eigenvalue weighted by molar-refractivity contribution is -0.139. The van der Waals surface area contributed by atoms with E-state index in [1.807, 2.05) is 13.0 Å². The van der Waals surface area contributed by atoms with Gasteiger partial charge in [-0.2, -0.15) is 0 Å². The van der Waals surface area contributed by atoms with Crippen LogP contribution in [0, 0.1) is 13.8 Å². The van der Waals surface area contributed by atoms with Crippen molar-refractivity contribution in [2.75, 3.05) is 17.9 Å². The number of sulfonamides is 1. The zero-order valence-corrected chi connectivity index (χ0v) is 23.4. The number of nitrogens with one attached hydrogen (secondary N) is 1. The summed E-state index contributed by atoms with van der Waals surface area (Å²) in [6.45, 7) is 4.63. The van der Waals surface area contributed by atoms with Gasteiger partial charge in [0.05, 0.1) is 10.6 Å². The van der Waals surface area contributed by atoms with Crippen LogP contribution in [0.4, 0.5) is 5.69 Å². The highest BCUT2D eigenvalue weighted by atomic mass is 35.5. The van der Waals surface area contributed by atoms with Gasteiger partial charge in [-0.15, -0.1) is 0 Å². The lowest BCUT2D eigenvalue weighted by atomic mass is 10.1. The summed E-state index contributed by atoms with van der Waals surface area (Å²) in [7, 11) is -2.66. The van der Waals surface area contributed by atoms with Crippen LogP contribution < -0.4 is 9.62 Å². The van der Waals surface area contributed by atoms with Crippen LogP contribution in [0.3, 0.4) is 0 Å². The van der Waals surface area contributed by atoms with Crippen LogP contribution in [-0.4, -0.2) is 44.8 Å². The van der Waals surface area contributed by atoms with Crippen molar-refractivity contribution in [3.05, 3.63) is 93.5 Å². The molecule has 3 rings (SSSR count). The second-order valence-electron chi connectivity index (χ2n) is 8.63. The monoisotopic (exact) mass is 561 g/mol. The van der Waals surface area contributed by atoms with Crippen molar-refractivity contribution < 1.29 is 18.0 Å². The molecule has 0 heterocycles. The van der Waals surface area contributed by atoms with Gasteiger partial charge in [0.25, 0.3) is 10.0 Å². The maximum absolute atomic E-state index is 13.8. The van der Waals surface area contributed by atoms with Crippen LogP contribution in [0.15, 0.2) is 71.6 Å². The first-order valence-electron chi connectivity index (χ1n) is 11.6. The SMILES string of the molecule is CNC(=O)[C@@H](C)N(Cc1c(Cl)cccc1Cl)C(=O)CN(c1ccc(C)cc1C)S(=O)(=O)c1ccccc1. The number of halogens is 2. The number of nitrogens with zero attached hydrogens (tertiary/aromatic N) is 2. The van der Waals surface area contributed by atoms with Crippen molar-refractivity contribution in [3.63, 3.8) is 0 Å². The average molecular weight is 563 g/mol. The molecule has 196 valence electrons. The summed E-state index contributed by atoms with van der Waals surface area (Å²) in [5, 5.41) is 3.20. The van der Waals surface area contributed by atoms with E-state index in [0.29, 0.717) is 26.9 Å². The maximum Gasteiger partial charge on any atom is 0.264 e. The van der Waals surface area contributed by atoms with Gasteiger partial charge in [0.1, 0.15) is 12.6 Å². The van der Waals surface area contributed by atoms with Gasteiger partial charge in [-0.1, -0.05) is 65.2 Å². The zero-order valence-electron chi connectivity index (χ0n) is 21.0. The number of rotatable bonds is 9. The Morgan fingerprint density at radius 2 is 1.57 bits per heavy atom. The number of anilines is 1. The number of hydrogen-bond acceptors (Lipinski definition) is 4. The fraction of sp³-hybridized carbons (Fsp3) is 0.259. The lowest BCUT2D eigenvalue weighted by Gasteiger charge is -2.32. The predicted molar refractivity (Wildman–Crippen MR) is 147 cm³/mol. The smallest absolute Gasteiger partial charge is 0.264 e. The van der Waals surface area contributed by atoms with Gasteiger partial charge >= 0.3 is 0 Å². The Balaban J connectivity index is 2.09. The van der Waals surface area contributed by atoms with Crippen LogP contribution in [0.1, 0.15) is 23.6 Å². The van der Waals surface area contributed by atoms with Crippen molar-refractivity contribution in [2.24, 2.45) is 0 Å². The summed E-state index contributed by atoms with van der Waals surface area (Å²) in [5.41, 5.74) is 2.46. The van der Waals surface area contributed by atoms with Gasteiger partial charge < -0.3 is 10.2 Å². The van der Waals surface area contributed by atoms with Crippen molar-refractivity contribution >= 4 is 50.7 Å². The van der Waals surface area contributed by atoms with Crippen molar-refractivity contribution in [3.8, 4) is 0 Å². The second kappa shape index (κ2) is 12.0. The van der Waals surface area contributed by atoms with E-state index in [-0.39, 0.29) is 11.4 Å². The molecule has 0 saturated heterocycles. The zero-order chi connectivity index (χ0) is 27.3. The third kappa shape index (κ3) is 6.44. The fourth-order valence-electron chi connectivity index (χ4n) is 3.96. The molecule has 1 N–H and O–H groups in total. The molecular formula is C27H29Cl2N3O4S. The summed E-state index contributed by atoms with van der Waals surface area (Å²) >= 11 is 12.7. The molecule has 0 spiro atoms. The Bertz CT molecular complexity index is 1380. The fourth-order valence-corrected chi connectivity index (χ4v) is 5.98. The number of carbonyl (C=O) groups excluding carboxylic acids is 2. The van der Waals surface area contributed by atoms with Crippen molar-refractivity contribution in [1.82, 2.24) is 10.2 Å². The molecular weight excluding hydrogens is 533 g/mol. The van der Waals surface area contributed by atoms with Gasteiger partial charge in [0.2, 0.25) is 11.8 Å². The highest BCUT2D eigenvalue weighted by Crippen LogP contribution is 2.30. The van der Waals surface area contributed by atoms with E-state index in [0.717, 1.165) is 9.87 Å². The standard InChI is InChI=1S/C27H29Cl2N3O4S/c1-18-13-14-25(19(2)15-18)32(37(35,36)21-9-6-5-7-10-21)17-26(33)31(20(3)27(34)30-4)16-22-23(28)11-8-12-24(22)29/h5-15,20H,16-17H2,1-4H3,(H,30,34)/t20-/m1/s1. The van der Waals surface area contributed by atoms with Crippen molar-refractivity contribution in [2.45, 2.75) is 38.3 Å². The van der Waals surface area contributed by atoms with Crippen molar-refractivity contribution in [1.29, 1.82) is 0 Å². The van der Waals surface area contributed by atoms with E-state index < -0.39 is 34.4 Å². The van der Waals surface area contributed by atoms with E-state index in [4.69, 9.17) is 23.2 Å². The normalized spacial score (nSPS) is 12.1. The minimum absolute atomic E-state index is 0.0443. The van der Waals surface area contributed by atoms with Crippen LogP contribution in [0.2, 0.25) is 10.0 Å². The van der Waals surface area contributed by atoms with Crippen LogP contribution in [-0.2, 0) is 26.2 Å². The van der Waals surface area contributed by atoms with Gasteiger partial charge in [0.15, 0.2) is 0 Å². The minimum atomic E-state index is -4.13. The summed E-state index contributed by atoms with van der Waals surface area (Å²) in [5.74, 6) is -1.01. The topological polar surface area (TPSA) is 86.8 Å². The van der Waals surface area contributed by atoms with Gasteiger partial charge in [0, 0.05) is 29.2 Å². The molecule has 1 atom stereocenters. The van der Waals surface area contributed by atoms with Crippen LogP contribution in [0.5, 0.6) is 0 Å². The molecule has 3 aromatic carbocycles. The first kappa shape index (κ1) is 28.5. The third-order valence-electron chi connectivity index (χ3n) is 6.03. The van der Waals surface area contributed by atoms with Gasteiger partial charge in [-0.3, -0.25) is 13.9 Å². The molecule has 0 aliphatic carbocycles. The average Bonchev–Trinajstić information content (AvgIpc) is 2.87. The Morgan fingerprint density at radius 1 is 0.946 bits per heavy atom. The Labute approximate surface area is 228 Å². The Morgan fingerprint density at radius 3 is 2.14 bits per heavy atom. The minimum Gasteiger partial charge on any atom is -0.357 e. The highest BCUT2D eigenvalue weighted by molar-refractivity contribution is 7.92. The third-order valence-corrected chi connectivity index (χ3v) is 8.52. The molecule has 0 bridgehead atoms. The number of hydrogen-bond donors (Lipinski definition) is 1. The molecule has 2 amide bonds. The summed E-state index contributed by atoms with van der Waals surface area (Å²) < 4.78 is 28.7. The maximum atomic E-state index is 13.8. The molecule has 37 heavy (non-hydrogen) atoms. The number of amides is 2. The lowest BCUT2D eigenvalue weighted by Crippen LogP contribution is -2.50. The van der Waals surface area contributed by atoms with Crippen LogP contribution in [0.25, 0.3) is 0 Å². The van der Waals surface area contributed by atoms with E-state index in [2.05, 4.69) is 5.32 Å². The van der Waals surface area contributed by atoms with E-state index in [1.54, 1.807) is 62.4 Å². The highest BCUT2D eigenvalue weighted by Gasteiger charge is 2.33. The molecule has 0 aromatic heterocycles. The molecule has 0 radical (unpaired) electrons. The largest absolute Gasteiger partial charge is 0.357 e. The molecule has 0 fully saturated rings. The molecule has 0 saturated carbocycles. The number of aryl methyl sites for hydroxylation is 2. The molecule has 3 aromatic rings. The number of carbonyl (C=O) groups is 2. The Kier molecular flexibility index (Phi) is 9.23. The Hall–Kier alpha value is -3.07. The summed E-state index contributed by atoms with van der Waals surface area (Å²) in [6, 6.07) is 17.2.